The van der Waals surface area contributed by atoms with E-state index in [-0.39, 0.29) is 28.7 Å². The number of Topliss-reactive ketones (excluding diaryl/α,β-unsaturated/α-hetero) is 1. The van der Waals surface area contributed by atoms with Gasteiger partial charge in [-0.25, -0.2) is 0 Å². The van der Waals surface area contributed by atoms with E-state index in [1.165, 1.54) is 23.1 Å². The van der Waals surface area contributed by atoms with Crippen LogP contribution in [0.2, 0.25) is 0 Å². The number of nitriles is 1. The predicted octanol–water partition coefficient (Wildman–Crippen LogP) is 4.13. The van der Waals surface area contributed by atoms with Crippen LogP contribution < -0.4 is 10.6 Å². The lowest BCUT2D eigenvalue weighted by molar-refractivity contribution is -0.139. The summed E-state index contributed by atoms with van der Waals surface area (Å²) in [5, 5.41) is 19.1. The van der Waals surface area contributed by atoms with Crippen molar-refractivity contribution in [2.45, 2.75) is 43.9 Å². The quantitative estimate of drug-likeness (QED) is 0.465. The topological polar surface area (TPSA) is 122 Å². The van der Waals surface area contributed by atoms with Gasteiger partial charge in [-0.05, 0) is 24.3 Å². The smallest absolute Gasteiger partial charge is 0.316 e. The van der Waals surface area contributed by atoms with Crippen molar-refractivity contribution in [2.24, 2.45) is 11.1 Å². The van der Waals surface area contributed by atoms with Crippen molar-refractivity contribution < 1.29 is 14.3 Å². The van der Waals surface area contributed by atoms with Crippen molar-refractivity contribution >= 4 is 40.0 Å². The lowest BCUT2D eigenvalue weighted by atomic mass is 9.69. The van der Waals surface area contributed by atoms with E-state index in [1.54, 1.807) is 11.8 Å². The van der Waals surface area contributed by atoms with Gasteiger partial charge in [0.2, 0.25) is 5.13 Å². The minimum Gasteiger partial charge on any atom is -0.465 e. The van der Waals surface area contributed by atoms with Crippen molar-refractivity contribution in [2.75, 3.05) is 17.3 Å². The van der Waals surface area contributed by atoms with E-state index < -0.39 is 5.92 Å². The Hall–Kier alpha value is -3.16. The van der Waals surface area contributed by atoms with Gasteiger partial charge in [-0.2, -0.15) is 5.26 Å². The van der Waals surface area contributed by atoms with Crippen LogP contribution >= 0.6 is 23.1 Å². The molecule has 8 nitrogen and oxygen atoms in total. The van der Waals surface area contributed by atoms with Gasteiger partial charge in [0, 0.05) is 17.7 Å². The standard InChI is InChI=1S/C24H25N5O3S2/c1-4-32-18(31)13-33-23-28-27-22(34-23)29-16-10-24(2,3)11-17(30)20(16)19(15(12-25)21(29)26)14-8-6-5-7-9-14/h5-9,19H,4,10-11,13,26H2,1-3H3. The molecule has 0 bridgehead atoms. The zero-order chi connectivity index (χ0) is 24.5. The first-order valence-electron chi connectivity index (χ1n) is 10.9. The molecule has 2 heterocycles. The molecule has 1 aromatic carbocycles. The third kappa shape index (κ3) is 4.58. The summed E-state index contributed by atoms with van der Waals surface area (Å²) in [6.07, 6.45) is 0.986. The largest absolute Gasteiger partial charge is 0.465 e. The number of carbonyl (C=O) groups excluding carboxylic acids is 2. The Morgan fingerprint density at radius 1 is 1.32 bits per heavy atom. The van der Waals surface area contributed by atoms with Crippen LogP contribution in [0, 0.1) is 16.7 Å². The molecular weight excluding hydrogens is 470 g/mol. The van der Waals surface area contributed by atoms with Gasteiger partial charge in [0.05, 0.1) is 29.9 Å². The van der Waals surface area contributed by atoms with E-state index in [4.69, 9.17) is 10.5 Å². The zero-order valence-electron chi connectivity index (χ0n) is 19.2. The van der Waals surface area contributed by atoms with Gasteiger partial charge in [0.25, 0.3) is 0 Å². The first-order chi connectivity index (χ1) is 16.3. The molecule has 1 atom stereocenters. The van der Waals surface area contributed by atoms with E-state index in [2.05, 4.69) is 16.3 Å². The fraction of sp³-hybridized carbons (Fsp3) is 0.375. The van der Waals surface area contributed by atoms with Crippen LogP contribution in [0.4, 0.5) is 5.13 Å². The van der Waals surface area contributed by atoms with Gasteiger partial charge in [-0.15, -0.1) is 10.2 Å². The number of nitrogens with two attached hydrogens (primary N) is 1. The summed E-state index contributed by atoms with van der Waals surface area (Å²) in [6, 6.07) is 11.8. The van der Waals surface area contributed by atoms with Crippen molar-refractivity contribution in [3.05, 3.63) is 58.6 Å². The first kappa shape index (κ1) is 24.0. The second-order valence-electron chi connectivity index (χ2n) is 8.84. The highest BCUT2D eigenvalue weighted by atomic mass is 32.2. The summed E-state index contributed by atoms with van der Waals surface area (Å²) >= 11 is 2.49. The molecule has 0 fully saturated rings. The van der Waals surface area contributed by atoms with Crippen LogP contribution in [0.3, 0.4) is 0 Å². The van der Waals surface area contributed by atoms with Crippen LogP contribution in [0.25, 0.3) is 0 Å². The van der Waals surface area contributed by atoms with E-state index in [9.17, 15) is 14.9 Å². The van der Waals surface area contributed by atoms with Crippen molar-refractivity contribution in [1.29, 1.82) is 5.26 Å². The predicted molar refractivity (Wildman–Crippen MR) is 131 cm³/mol. The maximum atomic E-state index is 13.5. The van der Waals surface area contributed by atoms with Gasteiger partial charge in [0.1, 0.15) is 5.82 Å². The molecular formula is C24H25N5O3S2. The molecule has 2 aromatic rings. The van der Waals surface area contributed by atoms with Gasteiger partial charge in [-0.1, -0.05) is 67.3 Å². The molecule has 0 amide bonds. The number of allylic oxidation sites excluding steroid dienone is 3. The number of hydrogen-bond donors (Lipinski definition) is 1. The summed E-state index contributed by atoms with van der Waals surface area (Å²) in [7, 11) is 0. The molecule has 1 aliphatic carbocycles. The third-order valence-corrected chi connectivity index (χ3v) is 7.74. The Kier molecular flexibility index (Phi) is 6.77. The van der Waals surface area contributed by atoms with Crippen molar-refractivity contribution in [1.82, 2.24) is 10.2 Å². The average molecular weight is 496 g/mol. The minimum atomic E-state index is -0.522. The number of hydrogen-bond acceptors (Lipinski definition) is 10. The summed E-state index contributed by atoms with van der Waals surface area (Å²) < 4.78 is 5.54. The number of rotatable bonds is 6. The molecule has 0 saturated heterocycles. The van der Waals surface area contributed by atoms with Crippen molar-refractivity contribution in [3.63, 3.8) is 0 Å². The Bertz CT molecular complexity index is 1230. The molecule has 34 heavy (non-hydrogen) atoms. The highest BCUT2D eigenvalue weighted by Gasteiger charge is 2.45. The Labute approximate surface area is 206 Å². The summed E-state index contributed by atoms with van der Waals surface area (Å²) in [5.41, 5.74) is 8.84. The van der Waals surface area contributed by atoms with E-state index >= 15 is 0 Å². The van der Waals surface area contributed by atoms with Crippen LogP contribution in [-0.4, -0.2) is 34.3 Å². The molecule has 176 valence electrons. The number of carbonyl (C=O) groups is 2. The van der Waals surface area contributed by atoms with E-state index in [1.807, 2.05) is 44.2 Å². The molecule has 0 spiro atoms. The third-order valence-electron chi connectivity index (χ3n) is 5.72. The van der Waals surface area contributed by atoms with Crippen LogP contribution in [0.1, 0.15) is 45.1 Å². The number of ketones is 1. The lowest BCUT2D eigenvalue weighted by Gasteiger charge is -2.42. The average Bonchev–Trinajstić information content (AvgIpc) is 3.25. The normalized spacial score (nSPS) is 19.6. The number of nitrogens with zero attached hydrogens (tertiary/aromatic N) is 4. The maximum Gasteiger partial charge on any atom is 0.316 e. The number of aromatic nitrogens is 2. The van der Waals surface area contributed by atoms with Crippen LogP contribution in [-0.2, 0) is 14.3 Å². The molecule has 0 radical (unpaired) electrons. The molecule has 1 aromatic heterocycles. The zero-order valence-corrected chi connectivity index (χ0v) is 20.8. The fourth-order valence-corrected chi connectivity index (χ4v) is 6.06. The fourth-order valence-electron chi connectivity index (χ4n) is 4.38. The minimum absolute atomic E-state index is 0.00628. The Morgan fingerprint density at radius 3 is 2.74 bits per heavy atom. The summed E-state index contributed by atoms with van der Waals surface area (Å²) in [6.45, 7) is 6.16. The molecule has 2 aliphatic rings. The van der Waals surface area contributed by atoms with Crippen molar-refractivity contribution in [3.8, 4) is 6.07 Å². The highest BCUT2D eigenvalue weighted by Crippen LogP contribution is 2.50. The molecule has 1 unspecified atom stereocenters. The summed E-state index contributed by atoms with van der Waals surface area (Å²) in [5.74, 6) is -0.479. The van der Waals surface area contributed by atoms with E-state index in [0.717, 1.165) is 11.3 Å². The number of esters is 1. The van der Waals surface area contributed by atoms with Gasteiger partial charge < -0.3 is 10.5 Å². The summed E-state index contributed by atoms with van der Waals surface area (Å²) in [4.78, 5) is 26.9. The Balaban J connectivity index is 1.79. The highest BCUT2D eigenvalue weighted by molar-refractivity contribution is 8.01. The first-order valence-corrected chi connectivity index (χ1v) is 12.7. The number of ether oxygens (including phenoxy) is 1. The van der Waals surface area contributed by atoms with Gasteiger partial charge in [0.15, 0.2) is 10.1 Å². The van der Waals surface area contributed by atoms with Gasteiger partial charge in [-0.3, -0.25) is 14.5 Å². The Morgan fingerprint density at radius 2 is 2.06 bits per heavy atom. The number of anilines is 1. The maximum absolute atomic E-state index is 13.5. The monoisotopic (exact) mass is 495 g/mol. The number of thioether (sulfide) groups is 1. The molecule has 10 heteroatoms. The second-order valence-corrected chi connectivity index (χ2v) is 11.0. The molecule has 4 rings (SSSR count). The molecule has 2 N–H and O–H groups in total. The molecule has 0 saturated carbocycles. The van der Waals surface area contributed by atoms with Gasteiger partial charge >= 0.3 is 5.97 Å². The SMILES string of the molecule is CCOC(=O)CSc1nnc(N2C(N)=C(C#N)C(c3ccccc3)C3=C2CC(C)(C)CC3=O)s1. The van der Waals surface area contributed by atoms with Crippen LogP contribution in [0.5, 0.6) is 0 Å². The van der Waals surface area contributed by atoms with Crippen LogP contribution in [0.15, 0.2) is 57.3 Å². The molecule has 1 aliphatic heterocycles. The second kappa shape index (κ2) is 9.60. The number of benzene rings is 1. The lowest BCUT2D eigenvalue weighted by Crippen LogP contribution is -2.42. The van der Waals surface area contributed by atoms with E-state index in [0.29, 0.717) is 40.1 Å².